The highest BCUT2D eigenvalue weighted by Crippen LogP contribution is 2.23. The van der Waals surface area contributed by atoms with Gasteiger partial charge in [-0.1, -0.05) is 35.9 Å². The predicted octanol–water partition coefficient (Wildman–Crippen LogP) is 3.53. The number of hydrogen-bond acceptors (Lipinski definition) is 3. The van der Waals surface area contributed by atoms with Crippen LogP contribution in [0.1, 0.15) is 51.2 Å². The van der Waals surface area contributed by atoms with E-state index in [0.29, 0.717) is 17.8 Å². The number of carbonyl (C=O) groups excluding carboxylic acids is 2. The molecule has 2 aliphatic rings. The number of hydrogen-bond donors (Lipinski definition) is 1. The van der Waals surface area contributed by atoms with Gasteiger partial charge in [0, 0.05) is 37.9 Å². The molecule has 28 heavy (non-hydrogen) atoms. The maximum absolute atomic E-state index is 12.7. The van der Waals surface area contributed by atoms with E-state index >= 15 is 0 Å². The van der Waals surface area contributed by atoms with E-state index in [9.17, 15) is 9.59 Å². The lowest BCUT2D eigenvalue weighted by Crippen LogP contribution is -2.33. The molecule has 0 saturated carbocycles. The summed E-state index contributed by atoms with van der Waals surface area (Å²) in [6, 6.07) is 10.3. The van der Waals surface area contributed by atoms with Crippen molar-refractivity contribution in [2.45, 2.75) is 26.2 Å². The van der Waals surface area contributed by atoms with Crippen LogP contribution in [-0.2, 0) is 0 Å². The van der Waals surface area contributed by atoms with Gasteiger partial charge in [-0.2, -0.15) is 0 Å². The number of ketones is 1. The normalized spacial score (nSPS) is 17.6. The molecule has 1 aromatic heterocycles. The van der Waals surface area contributed by atoms with Gasteiger partial charge in [0.15, 0.2) is 5.78 Å². The summed E-state index contributed by atoms with van der Waals surface area (Å²) in [5.74, 6) is 0.0594. The van der Waals surface area contributed by atoms with Gasteiger partial charge < -0.3 is 9.88 Å². The second-order valence-corrected chi connectivity index (χ2v) is 7.81. The molecule has 0 aliphatic carbocycles. The molecule has 1 aromatic carbocycles. The number of aromatic nitrogens is 1. The minimum atomic E-state index is 0.000181. The number of carbonyl (C=O) groups is 2. The SMILES string of the molecule is Cc1ccc(C2=CCN(CC(=O)c3c[nH]c(C(=O)N4CCCC4)c3)CC2)cc1. The fourth-order valence-electron chi connectivity index (χ4n) is 3.95. The fraction of sp³-hybridized carbons (Fsp3) is 0.391. The van der Waals surface area contributed by atoms with E-state index < -0.39 is 0 Å². The smallest absolute Gasteiger partial charge is 0.270 e. The van der Waals surface area contributed by atoms with E-state index in [1.807, 2.05) is 4.90 Å². The van der Waals surface area contributed by atoms with Crippen LogP contribution in [0.4, 0.5) is 0 Å². The maximum Gasteiger partial charge on any atom is 0.270 e. The molecular formula is C23H27N3O2. The summed E-state index contributed by atoms with van der Waals surface area (Å²) in [5.41, 5.74) is 5.00. The third-order valence-corrected chi connectivity index (χ3v) is 5.71. The Labute approximate surface area is 166 Å². The average Bonchev–Trinajstić information content (AvgIpc) is 3.41. The maximum atomic E-state index is 12.7. The van der Waals surface area contributed by atoms with Crippen molar-refractivity contribution in [3.05, 3.63) is 65.0 Å². The highest BCUT2D eigenvalue weighted by Gasteiger charge is 2.22. The van der Waals surface area contributed by atoms with E-state index in [-0.39, 0.29) is 11.7 Å². The van der Waals surface area contributed by atoms with E-state index in [2.05, 4.69) is 47.1 Å². The molecule has 2 aromatic rings. The fourth-order valence-corrected chi connectivity index (χ4v) is 3.95. The van der Waals surface area contributed by atoms with Gasteiger partial charge in [-0.25, -0.2) is 0 Å². The van der Waals surface area contributed by atoms with Crippen LogP contribution in [-0.4, -0.2) is 59.2 Å². The second-order valence-electron chi connectivity index (χ2n) is 7.81. The number of Topliss-reactive ketones (excluding diaryl/α,β-unsaturated/α-hetero) is 1. The Balaban J connectivity index is 1.34. The van der Waals surface area contributed by atoms with Crippen LogP contribution in [0.15, 0.2) is 42.6 Å². The highest BCUT2D eigenvalue weighted by atomic mass is 16.2. The van der Waals surface area contributed by atoms with Crippen LogP contribution < -0.4 is 0 Å². The molecule has 4 rings (SSSR count). The van der Waals surface area contributed by atoms with Crippen LogP contribution in [0, 0.1) is 6.92 Å². The Morgan fingerprint density at radius 1 is 1.07 bits per heavy atom. The summed E-state index contributed by atoms with van der Waals surface area (Å²) in [6.45, 7) is 5.74. The molecular weight excluding hydrogens is 350 g/mol. The third kappa shape index (κ3) is 4.09. The number of rotatable bonds is 5. The minimum Gasteiger partial charge on any atom is -0.356 e. The summed E-state index contributed by atoms with van der Waals surface area (Å²) in [7, 11) is 0. The Morgan fingerprint density at radius 3 is 2.50 bits per heavy atom. The van der Waals surface area contributed by atoms with Crippen molar-refractivity contribution in [3.8, 4) is 0 Å². The first-order valence-electron chi connectivity index (χ1n) is 10.1. The van der Waals surface area contributed by atoms with Gasteiger partial charge in [-0.15, -0.1) is 0 Å². The van der Waals surface area contributed by atoms with Crippen LogP contribution in [0.5, 0.6) is 0 Å². The van der Waals surface area contributed by atoms with Gasteiger partial charge in [0.25, 0.3) is 5.91 Å². The van der Waals surface area contributed by atoms with Crippen molar-refractivity contribution in [3.63, 3.8) is 0 Å². The van der Waals surface area contributed by atoms with Crippen molar-refractivity contribution in [1.29, 1.82) is 0 Å². The van der Waals surface area contributed by atoms with Crippen LogP contribution in [0.2, 0.25) is 0 Å². The molecule has 3 heterocycles. The van der Waals surface area contributed by atoms with E-state index in [1.54, 1.807) is 12.3 Å². The zero-order chi connectivity index (χ0) is 19.5. The average molecular weight is 377 g/mol. The summed E-state index contributed by atoms with van der Waals surface area (Å²) in [5, 5.41) is 0. The summed E-state index contributed by atoms with van der Waals surface area (Å²) in [4.78, 5) is 32.1. The van der Waals surface area contributed by atoms with Gasteiger partial charge in [0.2, 0.25) is 0 Å². The van der Waals surface area contributed by atoms with Crippen molar-refractivity contribution >= 4 is 17.3 Å². The van der Waals surface area contributed by atoms with E-state index in [4.69, 9.17) is 0 Å². The Kier molecular flexibility index (Phi) is 5.44. The van der Waals surface area contributed by atoms with Crippen molar-refractivity contribution in [1.82, 2.24) is 14.8 Å². The first-order chi connectivity index (χ1) is 13.6. The molecule has 0 unspecified atom stereocenters. The minimum absolute atomic E-state index is 0.000181. The molecule has 0 atom stereocenters. The first-order valence-corrected chi connectivity index (χ1v) is 10.1. The number of nitrogens with one attached hydrogen (secondary N) is 1. The summed E-state index contributed by atoms with van der Waals surface area (Å²) < 4.78 is 0. The molecule has 2 aliphatic heterocycles. The van der Waals surface area contributed by atoms with Gasteiger partial charge in [-0.3, -0.25) is 14.5 Å². The van der Waals surface area contributed by atoms with Gasteiger partial charge in [0.1, 0.15) is 5.69 Å². The lowest BCUT2D eigenvalue weighted by Gasteiger charge is -2.25. The number of H-pyrrole nitrogens is 1. The molecule has 1 saturated heterocycles. The second kappa shape index (κ2) is 8.15. The monoisotopic (exact) mass is 377 g/mol. The van der Waals surface area contributed by atoms with Crippen LogP contribution >= 0.6 is 0 Å². The third-order valence-electron chi connectivity index (χ3n) is 5.71. The van der Waals surface area contributed by atoms with Gasteiger partial charge >= 0.3 is 0 Å². The quantitative estimate of drug-likeness (QED) is 0.811. The summed E-state index contributed by atoms with van der Waals surface area (Å²) >= 11 is 0. The van der Waals surface area contributed by atoms with E-state index in [1.165, 1.54) is 16.7 Å². The number of aryl methyl sites for hydroxylation is 1. The Morgan fingerprint density at radius 2 is 1.82 bits per heavy atom. The lowest BCUT2D eigenvalue weighted by molar-refractivity contribution is 0.0787. The zero-order valence-corrected chi connectivity index (χ0v) is 16.4. The number of amides is 1. The number of likely N-dealkylation sites (tertiary alicyclic amines) is 1. The lowest BCUT2D eigenvalue weighted by atomic mass is 9.98. The van der Waals surface area contributed by atoms with Crippen LogP contribution in [0.25, 0.3) is 5.57 Å². The largest absolute Gasteiger partial charge is 0.356 e. The first kappa shape index (κ1) is 18.7. The topological polar surface area (TPSA) is 56.4 Å². The summed E-state index contributed by atoms with van der Waals surface area (Å²) in [6.07, 6.45) is 6.96. The standard InChI is InChI=1S/C23H27N3O2/c1-17-4-6-18(7-5-17)19-8-12-25(13-9-19)16-22(27)20-14-21(24-15-20)23(28)26-10-2-3-11-26/h4-8,14-15,24H,2-3,9-13,16H2,1H3. The van der Waals surface area contributed by atoms with Crippen LogP contribution in [0.3, 0.4) is 0 Å². The predicted molar refractivity (Wildman–Crippen MR) is 110 cm³/mol. The van der Waals surface area contributed by atoms with Crippen molar-refractivity contribution < 1.29 is 9.59 Å². The Bertz CT molecular complexity index is 889. The molecule has 1 fully saturated rings. The highest BCUT2D eigenvalue weighted by molar-refractivity contribution is 6.01. The Hall–Kier alpha value is -2.66. The van der Waals surface area contributed by atoms with E-state index in [0.717, 1.165) is 45.4 Å². The molecule has 1 N–H and O–H groups in total. The molecule has 1 amide bonds. The molecule has 0 radical (unpaired) electrons. The molecule has 0 bridgehead atoms. The zero-order valence-electron chi connectivity index (χ0n) is 16.4. The number of nitrogens with zero attached hydrogens (tertiary/aromatic N) is 2. The van der Waals surface area contributed by atoms with Crippen molar-refractivity contribution in [2.24, 2.45) is 0 Å². The van der Waals surface area contributed by atoms with Gasteiger partial charge in [-0.05, 0) is 43.4 Å². The number of aromatic amines is 1. The van der Waals surface area contributed by atoms with Crippen molar-refractivity contribution in [2.75, 3.05) is 32.7 Å². The number of benzene rings is 1. The molecule has 146 valence electrons. The molecule has 0 spiro atoms. The van der Waals surface area contributed by atoms with Gasteiger partial charge in [0.05, 0.1) is 6.54 Å². The molecule has 5 heteroatoms. The molecule has 5 nitrogen and oxygen atoms in total.